The van der Waals surface area contributed by atoms with Crippen LogP contribution in [0.3, 0.4) is 0 Å². The Morgan fingerprint density at radius 2 is 1.55 bits per heavy atom. The van der Waals surface area contributed by atoms with Gasteiger partial charge in [-0.1, -0.05) is 12.1 Å². The third-order valence-electron chi connectivity index (χ3n) is 7.63. The van der Waals surface area contributed by atoms with E-state index in [1.807, 2.05) is 48.5 Å². The Labute approximate surface area is 233 Å². The number of morpholine rings is 2. The minimum absolute atomic E-state index is 0.166. The quantitative estimate of drug-likeness (QED) is 0.456. The molecule has 6 rings (SSSR count). The predicted octanol–water partition coefficient (Wildman–Crippen LogP) is 3.92. The largest absolute Gasteiger partial charge is 0.380 e. The number of nitrogens with one attached hydrogen (secondary N) is 2. The summed E-state index contributed by atoms with van der Waals surface area (Å²) >= 11 is 0. The summed E-state index contributed by atoms with van der Waals surface area (Å²) < 4.78 is 16.6. The van der Waals surface area contributed by atoms with Gasteiger partial charge >= 0.3 is 6.03 Å². The number of urea groups is 1. The average molecular weight is 546 g/mol. The molecule has 40 heavy (non-hydrogen) atoms. The number of carbonyl (C=O) groups is 1. The minimum Gasteiger partial charge on any atom is -0.380 e. The van der Waals surface area contributed by atoms with Gasteiger partial charge in [-0.15, -0.1) is 0 Å². The highest BCUT2D eigenvalue weighted by atomic mass is 16.5. The van der Waals surface area contributed by atoms with Gasteiger partial charge in [-0.05, 0) is 61.7 Å². The first-order valence-electron chi connectivity index (χ1n) is 13.8. The molecule has 4 heterocycles. The van der Waals surface area contributed by atoms with Crippen molar-refractivity contribution in [3.05, 3.63) is 54.1 Å². The van der Waals surface area contributed by atoms with Crippen LogP contribution in [0.1, 0.15) is 25.3 Å². The monoisotopic (exact) mass is 545 g/mol. The molecule has 0 spiro atoms. The van der Waals surface area contributed by atoms with Crippen LogP contribution in [0.5, 0.6) is 0 Å². The molecule has 3 aliphatic heterocycles. The number of hydrogen-bond donors (Lipinski definition) is 2. The lowest BCUT2D eigenvalue weighted by Gasteiger charge is -2.36. The number of carbonyl (C=O) groups excluding carboxylic acids is 1. The van der Waals surface area contributed by atoms with Crippen LogP contribution in [0.15, 0.2) is 48.5 Å². The number of ether oxygens (including phenoxy) is 3. The van der Waals surface area contributed by atoms with Crippen LogP contribution < -0.4 is 20.4 Å². The van der Waals surface area contributed by atoms with Gasteiger partial charge in [0.25, 0.3) is 0 Å². The first kappa shape index (κ1) is 26.4. The first-order chi connectivity index (χ1) is 19.6. The molecule has 0 aliphatic carbocycles. The number of methoxy groups -OCH3 is 1. The summed E-state index contributed by atoms with van der Waals surface area (Å²) in [4.78, 5) is 31.9. The summed E-state index contributed by atoms with van der Waals surface area (Å²) in [5.41, 5.74) is 3.26. The van der Waals surface area contributed by atoms with Gasteiger partial charge in [0.15, 0.2) is 5.82 Å². The number of aromatic nitrogens is 3. The molecule has 2 unspecified atom stereocenters. The summed E-state index contributed by atoms with van der Waals surface area (Å²) in [6, 6.07) is 15.5. The van der Waals surface area contributed by atoms with Crippen molar-refractivity contribution in [2.24, 2.45) is 0 Å². The Kier molecular flexibility index (Phi) is 7.76. The molecule has 2 N–H and O–H groups in total. The van der Waals surface area contributed by atoms with Crippen molar-refractivity contribution in [2.75, 3.05) is 60.5 Å². The van der Waals surface area contributed by atoms with Crippen LogP contribution in [0, 0.1) is 0 Å². The van der Waals surface area contributed by atoms with Crippen molar-refractivity contribution in [1.29, 1.82) is 0 Å². The molecule has 0 radical (unpaired) electrons. The second kappa shape index (κ2) is 11.7. The van der Waals surface area contributed by atoms with E-state index in [-0.39, 0.29) is 24.2 Å². The lowest BCUT2D eigenvalue weighted by Crippen LogP contribution is -2.48. The molecule has 3 aliphatic rings. The third kappa shape index (κ3) is 5.72. The molecule has 2 amide bonds. The Hall–Kier alpha value is -3.80. The van der Waals surface area contributed by atoms with E-state index in [0.29, 0.717) is 62.1 Å². The van der Waals surface area contributed by atoms with Crippen molar-refractivity contribution in [3.8, 4) is 11.4 Å². The summed E-state index contributed by atoms with van der Waals surface area (Å²) in [7, 11) is 1.65. The zero-order valence-electron chi connectivity index (χ0n) is 22.9. The van der Waals surface area contributed by atoms with Gasteiger partial charge in [0.05, 0.1) is 51.2 Å². The van der Waals surface area contributed by atoms with E-state index in [4.69, 9.17) is 29.2 Å². The Morgan fingerprint density at radius 1 is 0.900 bits per heavy atom. The highest BCUT2D eigenvalue weighted by Crippen LogP contribution is 2.34. The van der Waals surface area contributed by atoms with E-state index < -0.39 is 0 Å². The molecule has 3 atom stereocenters. The van der Waals surface area contributed by atoms with Crippen LogP contribution in [0.2, 0.25) is 0 Å². The fourth-order valence-corrected chi connectivity index (χ4v) is 5.55. The highest BCUT2D eigenvalue weighted by molar-refractivity contribution is 5.99. The number of nitrogens with zero attached hydrogens (tertiary/aromatic N) is 5. The van der Waals surface area contributed by atoms with Crippen molar-refractivity contribution >= 4 is 29.3 Å². The zero-order valence-corrected chi connectivity index (χ0v) is 22.9. The second-order valence-electron chi connectivity index (χ2n) is 10.5. The second-order valence-corrected chi connectivity index (χ2v) is 10.5. The number of fused-ring (bicyclic) bond motifs is 2. The molecule has 1 aromatic heterocycles. The van der Waals surface area contributed by atoms with Crippen LogP contribution in [0.25, 0.3) is 11.4 Å². The molecule has 3 aromatic rings. The highest BCUT2D eigenvalue weighted by Gasteiger charge is 2.39. The van der Waals surface area contributed by atoms with Gasteiger partial charge < -0.3 is 34.6 Å². The van der Waals surface area contributed by atoms with Crippen molar-refractivity contribution in [1.82, 2.24) is 15.0 Å². The molecule has 2 aromatic carbocycles. The van der Waals surface area contributed by atoms with E-state index >= 15 is 0 Å². The summed E-state index contributed by atoms with van der Waals surface area (Å²) in [6.07, 6.45) is 2.16. The predicted molar refractivity (Wildman–Crippen MR) is 153 cm³/mol. The number of rotatable bonds is 7. The fourth-order valence-electron chi connectivity index (χ4n) is 5.55. The Morgan fingerprint density at radius 3 is 2.20 bits per heavy atom. The topological polar surface area (TPSA) is 114 Å². The summed E-state index contributed by atoms with van der Waals surface area (Å²) in [6.45, 7) is 6.05. The van der Waals surface area contributed by atoms with Gasteiger partial charge in [-0.25, -0.2) is 4.79 Å². The normalized spacial score (nSPS) is 22.3. The minimum atomic E-state index is -0.318. The van der Waals surface area contributed by atoms with Crippen LogP contribution in [0.4, 0.5) is 28.1 Å². The van der Waals surface area contributed by atoms with Crippen molar-refractivity contribution in [2.45, 2.75) is 44.5 Å². The van der Waals surface area contributed by atoms with Crippen LogP contribution in [-0.2, 0) is 20.8 Å². The van der Waals surface area contributed by atoms with Gasteiger partial charge in [-0.2, -0.15) is 15.0 Å². The Bertz CT molecular complexity index is 1300. The Balaban J connectivity index is 1.21. The van der Waals surface area contributed by atoms with E-state index in [1.165, 1.54) is 0 Å². The number of amides is 2. The molecule has 3 saturated heterocycles. The molecule has 11 nitrogen and oxygen atoms in total. The molecule has 0 saturated carbocycles. The average Bonchev–Trinajstić information content (AvgIpc) is 3.22. The lowest BCUT2D eigenvalue weighted by atomic mass is 10.2. The first-order valence-corrected chi connectivity index (χ1v) is 13.8. The van der Waals surface area contributed by atoms with Gasteiger partial charge in [0.1, 0.15) is 0 Å². The molecular formula is C29H35N7O4. The van der Waals surface area contributed by atoms with Crippen molar-refractivity contribution < 1.29 is 19.0 Å². The fraction of sp³-hybridized carbons (Fsp3) is 0.448. The van der Waals surface area contributed by atoms with E-state index in [2.05, 4.69) is 27.4 Å². The summed E-state index contributed by atoms with van der Waals surface area (Å²) in [5, 5.41) is 5.75. The molecule has 210 valence electrons. The number of benzene rings is 2. The van der Waals surface area contributed by atoms with Crippen LogP contribution in [-0.4, -0.2) is 79.2 Å². The maximum absolute atomic E-state index is 12.6. The lowest BCUT2D eigenvalue weighted by molar-refractivity contribution is 0.0895. The molecule has 3 fully saturated rings. The molecule has 11 heteroatoms. The van der Waals surface area contributed by atoms with E-state index in [0.717, 1.165) is 30.5 Å². The van der Waals surface area contributed by atoms with E-state index in [9.17, 15) is 4.79 Å². The van der Waals surface area contributed by atoms with Gasteiger partial charge in [0, 0.05) is 30.6 Å². The zero-order chi connectivity index (χ0) is 27.5. The number of hydrogen-bond acceptors (Lipinski definition) is 9. The summed E-state index contributed by atoms with van der Waals surface area (Å²) in [5.74, 6) is 1.98. The SMILES string of the molecule is COCc1ccc(NC(=O)Nc2ccc(-c3nc(N4C5CCC4COC5)nc(N4CCOC[C@H]4C)n3)cc2)cc1. The smallest absolute Gasteiger partial charge is 0.323 e. The van der Waals surface area contributed by atoms with Crippen molar-refractivity contribution in [3.63, 3.8) is 0 Å². The van der Waals surface area contributed by atoms with Crippen LogP contribution >= 0.6 is 0 Å². The molecular weight excluding hydrogens is 510 g/mol. The van der Waals surface area contributed by atoms with Gasteiger partial charge in [0.2, 0.25) is 11.9 Å². The molecule has 2 bridgehead atoms. The number of anilines is 4. The standard InChI is InChI=1S/C29H35N7O4/c1-19-15-39-14-13-35(19)27-32-26(33-28(34-27)36-24-11-12-25(36)18-40-17-24)21-5-9-23(10-6-21)31-29(37)30-22-7-3-20(4-8-22)16-38-2/h3-10,19,24-25H,11-18H2,1-2H3,(H2,30,31,37)/t19-,24?,25?/m1/s1. The maximum atomic E-state index is 12.6. The van der Waals surface area contributed by atoms with Gasteiger partial charge in [-0.3, -0.25) is 0 Å². The van der Waals surface area contributed by atoms with E-state index in [1.54, 1.807) is 7.11 Å². The third-order valence-corrected chi connectivity index (χ3v) is 7.63. The maximum Gasteiger partial charge on any atom is 0.323 e.